The van der Waals surface area contributed by atoms with E-state index >= 15 is 0 Å². The van der Waals surface area contributed by atoms with Gasteiger partial charge in [0.25, 0.3) is 0 Å². The quantitative estimate of drug-likeness (QED) is 0.920. The standard InChI is InChI=1S/C14H16FN3O2/c15-11-6-12(9-19)18(7-11)8-13-16-17-14(20-13)10-4-2-1-3-5-10/h1-5,11-12,19H,6-9H2/t11-,12-/m0/s1. The van der Waals surface area contributed by atoms with Crippen molar-refractivity contribution >= 4 is 0 Å². The van der Waals surface area contributed by atoms with Gasteiger partial charge in [-0.15, -0.1) is 10.2 Å². The van der Waals surface area contributed by atoms with E-state index < -0.39 is 6.17 Å². The van der Waals surface area contributed by atoms with E-state index in [1.165, 1.54) is 0 Å². The van der Waals surface area contributed by atoms with Crippen LogP contribution in [0.3, 0.4) is 0 Å². The zero-order valence-electron chi connectivity index (χ0n) is 10.9. The molecule has 1 aromatic carbocycles. The van der Waals surface area contributed by atoms with E-state index in [0.717, 1.165) is 5.56 Å². The van der Waals surface area contributed by atoms with E-state index in [9.17, 15) is 9.50 Å². The van der Waals surface area contributed by atoms with Crippen LogP contribution in [-0.2, 0) is 6.54 Å². The minimum Gasteiger partial charge on any atom is -0.419 e. The average molecular weight is 277 g/mol. The summed E-state index contributed by atoms with van der Waals surface area (Å²) in [6.45, 7) is 0.611. The van der Waals surface area contributed by atoms with Crippen molar-refractivity contribution in [3.8, 4) is 11.5 Å². The van der Waals surface area contributed by atoms with Gasteiger partial charge < -0.3 is 9.52 Å². The van der Waals surface area contributed by atoms with Crippen LogP contribution in [0.5, 0.6) is 0 Å². The molecule has 6 heteroatoms. The molecule has 0 radical (unpaired) electrons. The third-order valence-electron chi connectivity index (χ3n) is 3.51. The van der Waals surface area contributed by atoms with Crippen LogP contribution in [0.15, 0.2) is 34.7 Å². The third kappa shape index (κ3) is 2.71. The monoisotopic (exact) mass is 277 g/mol. The van der Waals surface area contributed by atoms with Crippen LogP contribution < -0.4 is 0 Å². The van der Waals surface area contributed by atoms with Crippen molar-refractivity contribution < 1.29 is 13.9 Å². The first kappa shape index (κ1) is 13.2. The lowest BCUT2D eigenvalue weighted by Crippen LogP contribution is -2.31. The predicted octanol–water partition coefficient (Wildman–Crippen LogP) is 1.64. The molecule has 0 aliphatic carbocycles. The molecule has 1 aromatic heterocycles. The molecular weight excluding hydrogens is 261 g/mol. The van der Waals surface area contributed by atoms with E-state index in [4.69, 9.17) is 4.42 Å². The molecule has 0 saturated carbocycles. The fourth-order valence-electron chi connectivity index (χ4n) is 2.49. The normalized spacial score (nSPS) is 23.3. The Labute approximate surface area is 116 Å². The maximum atomic E-state index is 13.4. The molecule has 20 heavy (non-hydrogen) atoms. The van der Waals surface area contributed by atoms with Crippen LogP contribution in [-0.4, -0.2) is 45.6 Å². The lowest BCUT2D eigenvalue weighted by atomic mass is 10.2. The number of rotatable bonds is 4. The van der Waals surface area contributed by atoms with Gasteiger partial charge in [-0.25, -0.2) is 4.39 Å². The third-order valence-corrected chi connectivity index (χ3v) is 3.51. The molecule has 5 nitrogen and oxygen atoms in total. The Bertz CT molecular complexity index is 561. The van der Waals surface area contributed by atoms with Gasteiger partial charge in [0.15, 0.2) is 0 Å². The highest BCUT2D eigenvalue weighted by Gasteiger charge is 2.32. The average Bonchev–Trinajstić information content (AvgIpc) is 3.07. The molecular formula is C14H16FN3O2. The number of halogens is 1. The van der Waals surface area contributed by atoms with Gasteiger partial charge in [0, 0.05) is 18.2 Å². The summed E-state index contributed by atoms with van der Waals surface area (Å²) in [7, 11) is 0. The van der Waals surface area contributed by atoms with E-state index in [1.54, 1.807) is 0 Å². The second-order valence-electron chi connectivity index (χ2n) is 4.97. The van der Waals surface area contributed by atoms with E-state index in [0.29, 0.717) is 31.3 Å². The molecule has 2 heterocycles. The summed E-state index contributed by atoms with van der Waals surface area (Å²) in [6, 6.07) is 9.32. The van der Waals surface area contributed by atoms with Crippen molar-refractivity contribution in [2.75, 3.05) is 13.2 Å². The van der Waals surface area contributed by atoms with Gasteiger partial charge in [-0.2, -0.15) is 0 Å². The van der Waals surface area contributed by atoms with Gasteiger partial charge in [-0.1, -0.05) is 18.2 Å². The Morgan fingerprint density at radius 2 is 2.10 bits per heavy atom. The zero-order chi connectivity index (χ0) is 13.9. The van der Waals surface area contributed by atoms with Gasteiger partial charge >= 0.3 is 0 Å². The number of aliphatic hydroxyl groups excluding tert-OH is 1. The molecule has 106 valence electrons. The van der Waals surface area contributed by atoms with Crippen molar-refractivity contribution in [3.05, 3.63) is 36.2 Å². The molecule has 0 spiro atoms. The lowest BCUT2D eigenvalue weighted by Gasteiger charge is -2.19. The maximum absolute atomic E-state index is 13.4. The van der Waals surface area contributed by atoms with Crippen LogP contribution in [0.1, 0.15) is 12.3 Å². The Morgan fingerprint density at radius 1 is 1.30 bits per heavy atom. The summed E-state index contributed by atoms with van der Waals surface area (Å²) >= 11 is 0. The molecule has 1 aliphatic heterocycles. The number of nitrogens with zero attached hydrogens (tertiary/aromatic N) is 3. The fourth-order valence-corrected chi connectivity index (χ4v) is 2.49. The molecule has 1 saturated heterocycles. The first-order valence-electron chi connectivity index (χ1n) is 6.63. The zero-order valence-corrected chi connectivity index (χ0v) is 10.9. The molecule has 3 rings (SSSR count). The second-order valence-corrected chi connectivity index (χ2v) is 4.97. The van der Waals surface area contributed by atoms with Crippen molar-refractivity contribution in [2.45, 2.75) is 25.2 Å². The number of aliphatic hydroxyl groups is 1. The summed E-state index contributed by atoms with van der Waals surface area (Å²) in [5.41, 5.74) is 0.856. The van der Waals surface area contributed by atoms with Crippen molar-refractivity contribution in [3.63, 3.8) is 0 Å². The van der Waals surface area contributed by atoms with Crippen LogP contribution in [0, 0.1) is 0 Å². The van der Waals surface area contributed by atoms with Crippen LogP contribution in [0.25, 0.3) is 11.5 Å². The van der Waals surface area contributed by atoms with Gasteiger partial charge in [-0.05, 0) is 18.6 Å². The highest BCUT2D eigenvalue weighted by atomic mass is 19.1. The second kappa shape index (κ2) is 5.68. The van der Waals surface area contributed by atoms with Crippen LogP contribution in [0.4, 0.5) is 4.39 Å². The molecule has 1 N–H and O–H groups in total. The van der Waals surface area contributed by atoms with Crippen LogP contribution in [0.2, 0.25) is 0 Å². The van der Waals surface area contributed by atoms with Gasteiger partial charge in [-0.3, -0.25) is 4.90 Å². The number of hydrogen-bond donors (Lipinski definition) is 1. The van der Waals surface area contributed by atoms with Gasteiger partial charge in [0.2, 0.25) is 11.8 Å². The number of aromatic nitrogens is 2. The highest BCUT2D eigenvalue weighted by Crippen LogP contribution is 2.23. The SMILES string of the molecule is OC[C@@H]1C[C@H](F)CN1Cc1nnc(-c2ccccc2)o1. The fraction of sp³-hybridized carbons (Fsp3) is 0.429. The van der Waals surface area contributed by atoms with Crippen LogP contribution >= 0.6 is 0 Å². The summed E-state index contributed by atoms with van der Waals surface area (Å²) in [6.07, 6.45) is -0.542. The van der Waals surface area contributed by atoms with E-state index in [2.05, 4.69) is 10.2 Å². The Hall–Kier alpha value is -1.79. The molecule has 0 bridgehead atoms. The number of likely N-dealkylation sites (tertiary alicyclic amines) is 1. The van der Waals surface area contributed by atoms with Gasteiger partial charge in [0.05, 0.1) is 13.2 Å². The minimum atomic E-state index is -0.899. The first-order valence-corrected chi connectivity index (χ1v) is 6.63. The largest absolute Gasteiger partial charge is 0.419 e. The Morgan fingerprint density at radius 3 is 2.85 bits per heavy atom. The molecule has 2 aromatic rings. The summed E-state index contributed by atoms with van der Waals surface area (Å²) < 4.78 is 19.0. The molecule has 1 aliphatic rings. The highest BCUT2D eigenvalue weighted by molar-refractivity contribution is 5.51. The predicted molar refractivity (Wildman–Crippen MR) is 70.5 cm³/mol. The summed E-state index contributed by atoms with van der Waals surface area (Å²) in [5.74, 6) is 0.897. The van der Waals surface area contributed by atoms with Crippen molar-refractivity contribution in [2.24, 2.45) is 0 Å². The minimum absolute atomic E-state index is 0.0555. The van der Waals surface area contributed by atoms with Crippen molar-refractivity contribution in [1.29, 1.82) is 0 Å². The smallest absolute Gasteiger partial charge is 0.247 e. The number of hydrogen-bond acceptors (Lipinski definition) is 5. The lowest BCUT2D eigenvalue weighted by molar-refractivity contribution is 0.144. The first-order chi connectivity index (χ1) is 9.76. The number of benzene rings is 1. The molecule has 1 fully saturated rings. The molecule has 0 amide bonds. The Balaban J connectivity index is 1.72. The molecule has 2 atom stereocenters. The Kier molecular flexibility index (Phi) is 3.75. The molecule has 0 unspecified atom stereocenters. The maximum Gasteiger partial charge on any atom is 0.247 e. The van der Waals surface area contributed by atoms with Gasteiger partial charge in [0.1, 0.15) is 6.17 Å². The topological polar surface area (TPSA) is 62.4 Å². The van der Waals surface area contributed by atoms with E-state index in [1.807, 2.05) is 35.2 Å². The number of alkyl halides is 1. The van der Waals surface area contributed by atoms with Crippen molar-refractivity contribution in [1.82, 2.24) is 15.1 Å². The summed E-state index contributed by atoms with van der Waals surface area (Å²) in [5, 5.41) is 17.2. The summed E-state index contributed by atoms with van der Waals surface area (Å²) in [4.78, 5) is 1.84. The van der Waals surface area contributed by atoms with E-state index in [-0.39, 0.29) is 12.6 Å².